The largest absolute Gasteiger partial charge is 0.480 e. The van der Waals surface area contributed by atoms with Gasteiger partial charge in [0.05, 0.1) is 11.5 Å². The van der Waals surface area contributed by atoms with Gasteiger partial charge in [0, 0.05) is 23.7 Å². The molecule has 0 aliphatic rings. The molecule has 0 amide bonds. The van der Waals surface area contributed by atoms with Crippen LogP contribution >= 0.6 is 11.6 Å². The maximum Gasteiger partial charge on any atom is 0.403 e. The molecule has 0 aromatic heterocycles. The highest BCUT2D eigenvalue weighted by molar-refractivity contribution is 6.61. The molecule has 1 aromatic rings. The molecule has 0 spiro atoms. The number of carbonyl (C=O) groups is 2. The Hall–Kier alpha value is -2.19. The fourth-order valence-electron chi connectivity index (χ4n) is 1.46. The second kappa shape index (κ2) is 9.69. The van der Waals surface area contributed by atoms with Crippen LogP contribution in [0, 0.1) is 17.0 Å². The smallest absolute Gasteiger partial charge is 0.403 e. The lowest BCUT2D eigenvalue weighted by Gasteiger charge is -2.08. The number of halogens is 1. The number of hydrogen-bond donors (Lipinski definition) is 2. The van der Waals surface area contributed by atoms with E-state index in [1.165, 1.54) is 18.2 Å². The van der Waals surface area contributed by atoms with Crippen molar-refractivity contribution in [2.24, 2.45) is 5.73 Å². The Balaban J connectivity index is 0.000000626. The van der Waals surface area contributed by atoms with Gasteiger partial charge in [-0.05, 0) is 31.4 Å². The summed E-state index contributed by atoms with van der Waals surface area (Å²) in [6, 6.07) is 3.30. The molecule has 1 atom stereocenters. The van der Waals surface area contributed by atoms with Gasteiger partial charge in [0.2, 0.25) is 0 Å². The third-order valence-electron chi connectivity index (χ3n) is 2.55. The molecule has 0 unspecified atom stereocenters. The fourth-order valence-corrected chi connectivity index (χ4v) is 1.57. The van der Waals surface area contributed by atoms with Gasteiger partial charge < -0.3 is 15.6 Å². The zero-order valence-electron chi connectivity index (χ0n) is 12.1. The van der Waals surface area contributed by atoms with Crippen molar-refractivity contribution in [1.82, 2.24) is 0 Å². The fraction of sp³-hybridized carbons (Fsp3) is 0.385. The van der Waals surface area contributed by atoms with Crippen LogP contribution in [-0.4, -0.2) is 34.1 Å². The lowest BCUT2D eigenvalue weighted by molar-refractivity contribution is -0.384. The Morgan fingerprint density at radius 1 is 1.50 bits per heavy atom. The van der Waals surface area contributed by atoms with Crippen molar-refractivity contribution in [2.45, 2.75) is 26.3 Å². The molecule has 0 heterocycles. The molecule has 0 aliphatic heterocycles. The van der Waals surface area contributed by atoms with E-state index in [-0.39, 0.29) is 12.1 Å². The number of ether oxygens (including phenoxy) is 1. The van der Waals surface area contributed by atoms with E-state index < -0.39 is 22.4 Å². The number of nitrogens with zero attached hydrogens (tertiary/aromatic N) is 1. The molecule has 122 valence electrons. The quantitative estimate of drug-likeness (QED) is 0.479. The lowest BCUT2D eigenvalue weighted by Crippen LogP contribution is -2.32. The number of aryl methyl sites for hydroxylation is 1. The molecule has 0 bridgehead atoms. The Labute approximate surface area is 132 Å². The number of aliphatic carboxylic acids is 1. The van der Waals surface area contributed by atoms with Crippen molar-refractivity contribution in [3.63, 3.8) is 0 Å². The molecule has 0 fully saturated rings. The Kier molecular flexibility index (Phi) is 8.73. The molecular formula is C13H17ClN2O6. The average Bonchev–Trinajstić information content (AvgIpc) is 2.41. The van der Waals surface area contributed by atoms with Crippen LogP contribution < -0.4 is 5.73 Å². The number of nitro groups is 1. The van der Waals surface area contributed by atoms with Gasteiger partial charge in [0.1, 0.15) is 6.04 Å². The number of non-ortho nitro benzene ring substituents is 1. The molecule has 0 saturated heterocycles. The molecule has 22 heavy (non-hydrogen) atoms. The van der Waals surface area contributed by atoms with E-state index in [0.717, 1.165) is 0 Å². The van der Waals surface area contributed by atoms with Gasteiger partial charge in [-0.3, -0.25) is 14.9 Å². The normalized spacial score (nSPS) is 10.9. The van der Waals surface area contributed by atoms with Crippen molar-refractivity contribution in [2.75, 3.05) is 6.61 Å². The lowest BCUT2D eigenvalue weighted by atomic mass is 10.0. The minimum atomic E-state index is -1.09. The molecule has 0 saturated carbocycles. The first-order chi connectivity index (χ1) is 10.2. The molecule has 9 heteroatoms. The zero-order valence-corrected chi connectivity index (χ0v) is 12.9. The number of nitro benzene ring substituents is 1. The van der Waals surface area contributed by atoms with Gasteiger partial charge in [-0.2, -0.15) is 0 Å². The van der Waals surface area contributed by atoms with Crippen molar-refractivity contribution in [3.8, 4) is 0 Å². The van der Waals surface area contributed by atoms with E-state index in [9.17, 15) is 19.7 Å². The summed E-state index contributed by atoms with van der Waals surface area (Å²) in [5.41, 5.74) is 6.02. The number of hydrogen-bond acceptors (Lipinski definition) is 6. The molecular weight excluding hydrogens is 316 g/mol. The van der Waals surface area contributed by atoms with Crippen LogP contribution in [0.15, 0.2) is 18.2 Å². The third kappa shape index (κ3) is 7.55. The number of carboxylic acid groups (broad SMARTS) is 1. The number of benzene rings is 1. The summed E-state index contributed by atoms with van der Waals surface area (Å²) in [6.45, 7) is 3.74. The van der Waals surface area contributed by atoms with Gasteiger partial charge in [-0.25, -0.2) is 4.79 Å². The molecule has 1 rings (SSSR count). The highest BCUT2D eigenvalue weighted by Gasteiger charge is 2.15. The minimum Gasteiger partial charge on any atom is -0.480 e. The van der Waals surface area contributed by atoms with E-state index in [4.69, 9.17) is 22.4 Å². The second-order valence-corrected chi connectivity index (χ2v) is 4.50. The minimum absolute atomic E-state index is 0.00912. The monoisotopic (exact) mass is 332 g/mol. The van der Waals surface area contributed by atoms with Crippen LogP contribution in [0.4, 0.5) is 10.5 Å². The van der Waals surface area contributed by atoms with E-state index in [1.807, 2.05) is 0 Å². The third-order valence-corrected chi connectivity index (χ3v) is 2.66. The molecule has 0 radical (unpaired) electrons. The topological polar surface area (TPSA) is 133 Å². The molecule has 1 aromatic carbocycles. The van der Waals surface area contributed by atoms with Crippen LogP contribution in [0.5, 0.6) is 0 Å². The number of carboxylic acids is 1. The maximum absolute atomic E-state index is 10.6. The van der Waals surface area contributed by atoms with Crippen LogP contribution in [0.25, 0.3) is 0 Å². The number of nitrogens with two attached hydrogens (primary N) is 1. The number of rotatable bonds is 5. The van der Waals surface area contributed by atoms with Crippen LogP contribution in [0.3, 0.4) is 0 Å². The summed E-state index contributed by atoms with van der Waals surface area (Å²) in [7, 11) is 0. The summed E-state index contributed by atoms with van der Waals surface area (Å²) >= 11 is 4.72. The summed E-state index contributed by atoms with van der Waals surface area (Å²) in [5, 5.41) is 19.1. The molecule has 8 nitrogen and oxygen atoms in total. The summed E-state index contributed by atoms with van der Waals surface area (Å²) < 4.78 is 4.17. The van der Waals surface area contributed by atoms with Crippen molar-refractivity contribution in [3.05, 3.63) is 39.4 Å². The summed E-state index contributed by atoms with van der Waals surface area (Å²) in [4.78, 5) is 30.1. The first kappa shape index (κ1) is 19.8. The van der Waals surface area contributed by atoms with Gasteiger partial charge in [0.15, 0.2) is 0 Å². The highest BCUT2D eigenvalue weighted by Crippen LogP contribution is 2.18. The van der Waals surface area contributed by atoms with Crippen molar-refractivity contribution < 1.29 is 24.4 Å². The zero-order chi connectivity index (χ0) is 17.3. The Morgan fingerprint density at radius 2 is 2.09 bits per heavy atom. The highest BCUT2D eigenvalue weighted by atomic mass is 35.5. The SMILES string of the molecule is CCOC(=O)Cl.Cc1cc([N+](=O)[O-])ccc1C[C@H](N)C(=O)O. The maximum atomic E-state index is 10.6. The van der Waals surface area contributed by atoms with E-state index in [2.05, 4.69) is 4.74 Å². The average molecular weight is 333 g/mol. The summed E-state index contributed by atoms with van der Waals surface area (Å²) in [5.74, 6) is -1.09. The Morgan fingerprint density at radius 3 is 2.41 bits per heavy atom. The summed E-state index contributed by atoms with van der Waals surface area (Å²) in [6.07, 6.45) is 0.166. The van der Waals surface area contributed by atoms with Crippen molar-refractivity contribution in [1.29, 1.82) is 0 Å². The predicted molar refractivity (Wildman–Crippen MR) is 80.0 cm³/mol. The van der Waals surface area contributed by atoms with Gasteiger partial charge in [-0.1, -0.05) is 6.07 Å². The van der Waals surface area contributed by atoms with Crippen LogP contribution in [-0.2, 0) is 16.0 Å². The van der Waals surface area contributed by atoms with Gasteiger partial charge in [-0.15, -0.1) is 0 Å². The van der Waals surface area contributed by atoms with Crippen LogP contribution in [0.1, 0.15) is 18.1 Å². The molecule has 0 aliphatic carbocycles. The first-order valence-electron chi connectivity index (χ1n) is 6.23. The standard InChI is InChI=1S/C10H12N2O4.C3H5ClO2/c1-6-4-8(12(15)16)3-2-7(6)5-9(11)10(13)14;1-2-6-3(4)5/h2-4,9H,5,11H2,1H3,(H,13,14);2H2,1H3/t9-;/m0./s1. The predicted octanol–water partition coefficient (Wildman–Crippen LogP) is 2.24. The van der Waals surface area contributed by atoms with E-state index in [0.29, 0.717) is 17.7 Å². The van der Waals surface area contributed by atoms with Gasteiger partial charge in [0.25, 0.3) is 5.69 Å². The van der Waals surface area contributed by atoms with E-state index in [1.54, 1.807) is 13.8 Å². The second-order valence-electron chi connectivity index (χ2n) is 4.19. The first-order valence-corrected chi connectivity index (χ1v) is 6.61. The van der Waals surface area contributed by atoms with Crippen LogP contribution in [0.2, 0.25) is 0 Å². The molecule has 3 N–H and O–H groups in total. The number of carbonyl (C=O) groups excluding carboxylic acids is 1. The Bertz CT molecular complexity index is 549. The van der Waals surface area contributed by atoms with E-state index >= 15 is 0 Å². The van der Waals surface area contributed by atoms with Crippen molar-refractivity contribution >= 4 is 28.7 Å². The van der Waals surface area contributed by atoms with Gasteiger partial charge >= 0.3 is 11.4 Å².